The second kappa shape index (κ2) is 8.06. The van der Waals surface area contributed by atoms with E-state index in [-0.39, 0.29) is 5.60 Å². The monoisotopic (exact) mass is 242 g/mol. The van der Waals surface area contributed by atoms with E-state index in [4.69, 9.17) is 4.74 Å². The first-order valence-corrected chi connectivity index (χ1v) is 7.12. The molecule has 17 heavy (non-hydrogen) atoms. The molecule has 0 radical (unpaired) electrons. The predicted molar refractivity (Wildman–Crippen MR) is 73.5 cm³/mol. The van der Waals surface area contributed by atoms with Gasteiger partial charge in [-0.15, -0.1) is 0 Å². The molecule has 0 bridgehead atoms. The first-order chi connectivity index (χ1) is 8.14. The van der Waals surface area contributed by atoms with Gasteiger partial charge in [0.05, 0.1) is 5.60 Å². The highest BCUT2D eigenvalue weighted by Gasteiger charge is 2.15. The minimum absolute atomic E-state index is 0.00953. The molecule has 0 aromatic carbocycles. The zero-order chi connectivity index (χ0) is 12.6. The standard InChI is InChI=1S/C14H30N2O/c1-14(2,17-3)8-9-15-10-13-16-11-6-4-5-7-12-16/h15H,4-13H2,1-3H3. The number of hydrogen-bond donors (Lipinski definition) is 1. The van der Waals surface area contributed by atoms with Crippen LogP contribution in [0.1, 0.15) is 46.0 Å². The molecule has 1 aliphatic rings. The van der Waals surface area contributed by atoms with Crippen LogP contribution in [-0.4, -0.2) is 50.3 Å². The lowest BCUT2D eigenvalue weighted by molar-refractivity contribution is 0.0158. The normalized spacial score (nSPS) is 19.2. The lowest BCUT2D eigenvalue weighted by atomic mass is 10.1. The van der Waals surface area contributed by atoms with E-state index in [0.29, 0.717) is 0 Å². The van der Waals surface area contributed by atoms with Crippen molar-refractivity contribution in [2.45, 2.75) is 51.6 Å². The van der Waals surface area contributed by atoms with Crippen molar-refractivity contribution in [1.29, 1.82) is 0 Å². The number of rotatable bonds is 7. The van der Waals surface area contributed by atoms with Crippen LogP contribution >= 0.6 is 0 Å². The Kier molecular flexibility index (Phi) is 7.09. The smallest absolute Gasteiger partial charge is 0.0634 e. The lowest BCUT2D eigenvalue weighted by Crippen LogP contribution is -2.35. The minimum atomic E-state index is 0.00953. The van der Waals surface area contributed by atoms with Crippen molar-refractivity contribution in [2.75, 3.05) is 39.8 Å². The van der Waals surface area contributed by atoms with Gasteiger partial charge in [0.25, 0.3) is 0 Å². The molecule has 1 aliphatic heterocycles. The Labute approximate surface area is 107 Å². The fourth-order valence-electron chi connectivity index (χ4n) is 2.21. The Balaban J connectivity index is 1.99. The van der Waals surface area contributed by atoms with Gasteiger partial charge in [-0.3, -0.25) is 0 Å². The van der Waals surface area contributed by atoms with Gasteiger partial charge in [-0.1, -0.05) is 12.8 Å². The average Bonchev–Trinajstić information content (AvgIpc) is 2.57. The van der Waals surface area contributed by atoms with Gasteiger partial charge < -0.3 is 15.0 Å². The molecule has 0 aromatic heterocycles. The molecule has 102 valence electrons. The molecule has 1 fully saturated rings. The summed E-state index contributed by atoms with van der Waals surface area (Å²) in [7, 11) is 1.79. The van der Waals surface area contributed by atoms with E-state index in [1.165, 1.54) is 45.3 Å². The molecule has 3 nitrogen and oxygen atoms in total. The molecule has 0 amide bonds. The van der Waals surface area contributed by atoms with E-state index in [1.807, 2.05) is 0 Å². The predicted octanol–water partition coefficient (Wildman–Crippen LogP) is 2.27. The number of methoxy groups -OCH3 is 1. The molecule has 0 aliphatic carbocycles. The third-order valence-electron chi connectivity index (χ3n) is 3.76. The third kappa shape index (κ3) is 7.02. The maximum atomic E-state index is 5.40. The molecule has 1 N–H and O–H groups in total. The van der Waals surface area contributed by atoms with Crippen molar-refractivity contribution < 1.29 is 4.74 Å². The summed E-state index contributed by atoms with van der Waals surface area (Å²) < 4.78 is 5.40. The van der Waals surface area contributed by atoms with E-state index in [1.54, 1.807) is 7.11 Å². The summed E-state index contributed by atoms with van der Waals surface area (Å²) in [5, 5.41) is 3.52. The first-order valence-electron chi connectivity index (χ1n) is 7.12. The van der Waals surface area contributed by atoms with Crippen molar-refractivity contribution in [3.05, 3.63) is 0 Å². The highest BCUT2D eigenvalue weighted by Crippen LogP contribution is 2.11. The Hall–Kier alpha value is -0.120. The van der Waals surface area contributed by atoms with Crippen LogP contribution in [0.5, 0.6) is 0 Å². The molecule has 0 aromatic rings. The molecule has 1 saturated heterocycles. The van der Waals surface area contributed by atoms with Gasteiger partial charge >= 0.3 is 0 Å². The molecule has 0 saturated carbocycles. The van der Waals surface area contributed by atoms with Gasteiger partial charge in [0, 0.05) is 20.2 Å². The van der Waals surface area contributed by atoms with E-state index < -0.39 is 0 Å². The highest BCUT2D eigenvalue weighted by atomic mass is 16.5. The maximum absolute atomic E-state index is 5.40. The Morgan fingerprint density at radius 3 is 2.29 bits per heavy atom. The van der Waals surface area contributed by atoms with Gasteiger partial charge in [-0.2, -0.15) is 0 Å². The maximum Gasteiger partial charge on any atom is 0.0634 e. The fourth-order valence-corrected chi connectivity index (χ4v) is 2.21. The molecule has 1 rings (SSSR count). The number of ether oxygens (including phenoxy) is 1. The number of nitrogens with zero attached hydrogens (tertiary/aromatic N) is 1. The van der Waals surface area contributed by atoms with E-state index in [2.05, 4.69) is 24.1 Å². The SMILES string of the molecule is COC(C)(C)CCNCCN1CCCCCC1. The lowest BCUT2D eigenvalue weighted by Gasteiger charge is -2.24. The topological polar surface area (TPSA) is 24.5 Å². The molecule has 0 spiro atoms. The van der Waals surface area contributed by atoms with Crippen LogP contribution in [0.15, 0.2) is 0 Å². The molecule has 0 atom stereocenters. The number of likely N-dealkylation sites (tertiary alicyclic amines) is 1. The van der Waals surface area contributed by atoms with E-state index >= 15 is 0 Å². The Bertz CT molecular complexity index is 187. The van der Waals surface area contributed by atoms with Gasteiger partial charge in [0.15, 0.2) is 0 Å². The van der Waals surface area contributed by atoms with Crippen molar-refractivity contribution in [3.63, 3.8) is 0 Å². The summed E-state index contributed by atoms with van der Waals surface area (Å²) in [6, 6.07) is 0. The van der Waals surface area contributed by atoms with Crippen LogP contribution in [0, 0.1) is 0 Å². The summed E-state index contributed by atoms with van der Waals surface area (Å²) in [6.45, 7) is 10.2. The summed E-state index contributed by atoms with van der Waals surface area (Å²) >= 11 is 0. The summed E-state index contributed by atoms with van der Waals surface area (Å²) in [5.74, 6) is 0. The highest BCUT2D eigenvalue weighted by molar-refractivity contribution is 4.70. The van der Waals surface area contributed by atoms with Crippen molar-refractivity contribution >= 4 is 0 Å². The Morgan fingerprint density at radius 2 is 1.71 bits per heavy atom. The van der Waals surface area contributed by atoms with Crippen molar-refractivity contribution in [3.8, 4) is 0 Å². The zero-order valence-electron chi connectivity index (χ0n) is 11.9. The number of hydrogen-bond acceptors (Lipinski definition) is 3. The average molecular weight is 242 g/mol. The van der Waals surface area contributed by atoms with Crippen molar-refractivity contribution in [1.82, 2.24) is 10.2 Å². The van der Waals surface area contributed by atoms with Gasteiger partial charge in [-0.05, 0) is 52.7 Å². The van der Waals surface area contributed by atoms with E-state index in [9.17, 15) is 0 Å². The molecule has 3 heteroatoms. The summed E-state index contributed by atoms with van der Waals surface area (Å²) in [4.78, 5) is 2.60. The van der Waals surface area contributed by atoms with E-state index in [0.717, 1.165) is 19.5 Å². The van der Waals surface area contributed by atoms with Gasteiger partial charge in [0.2, 0.25) is 0 Å². The summed E-state index contributed by atoms with van der Waals surface area (Å²) in [5.41, 5.74) is 0.00953. The van der Waals surface area contributed by atoms with Crippen molar-refractivity contribution in [2.24, 2.45) is 0 Å². The van der Waals surface area contributed by atoms with Crippen LogP contribution in [0.3, 0.4) is 0 Å². The molecule has 1 heterocycles. The van der Waals surface area contributed by atoms with Crippen LogP contribution < -0.4 is 5.32 Å². The van der Waals surface area contributed by atoms with Crippen LogP contribution in [-0.2, 0) is 4.74 Å². The molecular weight excluding hydrogens is 212 g/mol. The van der Waals surface area contributed by atoms with Crippen LogP contribution in [0.2, 0.25) is 0 Å². The second-order valence-electron chi connectivity index (χ2n) is 5.72. The van der Waals surface area contributed by atoms with Gasteiger partial charge in [-0.25, -0.2) is 0 Å². The molecular formula is C14H30N2O. The summed E-state index contributed by atoms with van der Waals surface area (Å²) in [6.07, 6.45) is 6.69. The quantitative estimate of drug-likeness (QED) is 0.693. The third-order valence-corrected chi connectivity index (χ3v) is 3.76. The Morgan fingerprint density at radius 1 is 1.06 bits per heavy atom. The van der Waals surface area contributed by atoms with Gasteiger partial charge in [0.1, 0.15) is 0 Å². The largest absolute Gasteiger partial charge is 0.379 e. The molecule has 0 unspecified atom stereocenters. The minimum Gasteiger partial charge on any atom is -0.379 e. The fraction of sp³-hybridized carbons (Fsp3) is 1.00. The van der Waals surface area contributed by atoms with Crippen LogP contribution in [0.25, 0.3) is 0 Å². The van der Waals surface area contributed by atoms with Crippen LogP contribution in [0.4, 0.5) is 0 Å². The zero-order valence-corrected chi connectivity index (χ0v) is 11.9. The number of nitrogens with one attached hydrogen (secondary N) is 1. The first kappa shape index (κ1) is 14.9. The second-order valence-corrected chi connectivity index (χ2v) is 5.72.